The van der Waals surface area contributed by atoms with Crippen LogP contribution in [0.4, 0.5) is 0 Å². The van der Waals surface area contributed by atoms with Crippen LogP contribution in [0, 0.1) is 5.92 Å². The van der Waals surface area contributed by atoms with Gasteiger partial charge in [0.1, 0.15) is 5.75 Å². The van der Waals surface area contributed by atoms with Gasteiger partial charge in [-0.1, -0.05) is 35.9 Å². The van der Waals surface area contributed by atoms with Crippen LogP contribution < -0.4 is 10.2 Å². The number of fused-ring (bicyclic) bond motifs is 2. The highest BCUT2D eigenvalue weighted by Gasteiger charge is 2.34. The summed E-state index contributed by atoms with van der Waals surface area (Å²) >= 11 is 6.05. The number of allylic oxidation sites excluding steroid dienone is 1. The van der Waals surface area contributed by atoms with E-state index in [1.165, 1.54) is 0 Å². The van der Waals surface area contributed by atoms with Crippen molar-refractivity contribution >= 4 is 29.1 Å². The summed E-state index contributed by atoms with van der Waals surface area (Å²) in [5.41, 5.74) is 6.50. The third kappa shape index (κ3) is 7.28. The Morgan fingerprint density at radius 2 is 1.85 bits per heavy atom. The van der Waals surface area contributed by atoms with Crippen LogP contribution in [0.25, 0.3) is 5.57 Å². The number of nitrogens with zero attached hydrogens (tertiary/aromatic N) is 3. The molecule has 0 atom stereocenters. The highest BCUT2D eigenvalue weighted by Crippen LogP contribution is 2.39. The summed E-state index contributed by atoms with van der Waals surface area (Å²) in [5.74, 6) is 0.653. The number of amides is 1. The quantitative estimate of drug-likeness (QED) is 0.299. The molecule has 0 unspecified atom stereocenters. The number of pyridine rings is 1. The molecule has 6 rings (SSSR count). The Bertz CT molecular complexity index is 1580. The molecular weight excluding hydrogens is 604 g/mol. The normalized spacial score (nSPS) is 19.4. The van der Waals surface area contributed by atoms with Gasteiger partial charge in [0.2, 0.25) is 5.88 Å². The molecule has 1 amide bonds. The highest BCUT2D eigenvalue weighted by atomic mass is 35.5. The molecule has 4 heterocycles. The first-order valence-electron chi connectivity index (χ1n) is 16.2. The number of ether oxygens (including phenoxy) is 2. The summed E-state index contributed by atoms with van der Waals surface area (Å²) in [6.07, 6.45) is 7.89. The Labute approximate surface area is 275 Å². The zero-order valence-corrected chi connectivity index (χ0v) is 27.0. The van der Waals surface area contributed by atoms with Crippen LogP contribution in [-0.4, -0.2) is 71.2 Å². The Hall–Kier alpha value is -3.76. The average molecular weight is 645 g/mol. The zero-order chi connectivity index (χ0) is 32.1. The lowest BCUT2D eigenvalue weighted by molar-refractivity contribution is -0.149. The minimum Gasteiger partial charge on any atom is -0.466 e. The number of likely N-dealkylation sites (tertiary alicyclic amines) is 1. The molecule has 9 nitrogen and oxygen atoms in total. The summed E-state index contributed by atoms with van der Waals surface area (Å²) in [6, 6.07) is 17.0. The highest BCUT2D eigenvalue weighted by molar-refractivity contribution is 6.30. The van der Waals surface area contributed by atoms with Crippen LogP contribution in [0.1, 0.15) is 66.1 Å². The fraction of sp³-hybridized carbons (Fsp3) is 0.417. The number of carbonyl (C=O) groups is 2. The summed E-state index contributed by atoms with van der Waals surface area (Å²) < 4.78 is 11.5. The van der Waals surface area contributed by atoms with Crippen LogP contribution in [0.3, 0.4) is 0 Å². The zero-order valence-electron chi connectivity index (χ0n) is 26.2. The van der Waals surface area contributed by atoms with Crippen LogP contribution in [-0.2, 0) is 21.6 Å². The van der Waals surface area contributed by atoms with E-state index in [2.05, 4.69) is 21.4 Å². The fourth-order valence-corrected chi connectivity index (χ4v) is 6.78. The molecule has 2 saturated heterocycles. The smallest absolute Gasteiger partial charge is 0.309 e. The number of carbonyl (C=O) groups excluding carboxylic acids is 2. The number of aromatic nitrogens is 1. The maximum absolute atomic E-state index is 13.6. The van der Waals surface area contributed by atoms with E-state index in [0.717, 1.165) is 48.3 Å². The second-order valence-corrected chi connectivity index (χ2v) is 12.7. The maximum atomic E-state index is 13.6. The molecule has 1 aromatic heterocycles. The minimum absolute atomic E-state index is 0.132. The number of halogens is 1. The van der Waals surface area contributed by atoms with E-state index in [-0.39, 0.29) is 17.8 Å². The Morgan fingerprint density at radius 3 is 2.59 bits per heavy atom. The van der Waals surface area contributed by atoms with Gasteiger partial charge in [-0.25, -0.2) is 9.99 Å². The molecule has 0 aliphatic carbocycles. The molecule has 242 valence electrons. The second-order valence-electron chi connectivity index (χ2n) is 12.3. The number of esters is 1. The van der Waals surface area contributed by atoms with Crippen molar-refractivity contribution in [2.75, 3.05) is 39.3 Å². The van der Waals surface area contributed by atoms with Gasteiger partial charge in [0.15, 0.2) is 0 Å². The van der Waals surface area contributed by atoms with Crippen molar-refractivity contribution in [3.63, 3.8) is 0 Å². The molecule has 3 aromatic rings. The molecule has 2 aromatic carbocycles. The van der Waals surface area contributed by atoms with Gasteiger partial charge in [0.25, 0.3) is 5.91 Å². The number of piperidine rings is 2. The molecule has 46 heavy (non-hydrogen) atoms. The third-order valence-electron chi connectivity index (χ3n) is 9.34. The molecule has 10 heteroatoms. The monoisotopic (exact) mass is 644 g/mol. The minimum atomic E-state index is -0.833. The van der Waals surface area contributed by atoms with Crippen molar-refractivity contribution in [1.82, 2.24) is 20.3 Å². The fourth-order valence-electron chi connectivity index (χ4n) is 6.65. The molecular formula is C36H41ClN4O5. The van der Waals surface area contributed by atoms with Crippen LogP contribution in [0.2, 0.25) is 5.02 Å². The lowest BCUT2D eigenvalue weighted by atomic mass is 9.84. The predicted molar refractivity (Wildman–Crippen MR) is 176 cm³/mol. The summed E-state index contributed by atoms with van der Waals surface area (Å²) in [4.78, 5) is 32.7. The van der Waals surface area contributed by atoms with E-state index in [1.807, 2.05) is 66.5 Å². The number of hydrazine groups is 1. The van der Waals surface area contributed by atoms with Crippen molar-refractivity contribution < 1.29 is 24.2 Å². The molecule has 3 aliphatic heterocycles. The van der Waals surface area contributed by atoms with Crippen molar-refractivity contribution in [2.45, 2.75) is 51.0 Å². The van der Waals surface area contributed by atoms with Crippen molar-refractivity contribution in [3.8, 4) is 11.6 Å². The second kappa shape index (κ2) is 14.3. The van der Waals surface area contributed by atoms with Crippen LogP contribution in [0.15, 0.2) is 66.9 Å². The van der Waals surface area contributed by atoms with Crippen molar-refractivity contribution in [1.29, 1.82) is 0 Å². The topological polar surface area (TPSA) is 104 Å². The van der Waals surface area contributed by atoms with E-state index in [4.69, 9.17) is 21.1 Å². The first-order valence-corrected chi connectivity index (χ1v) is 16.6. The number of nitrogens with one attached hydrogen (secondary N) is 1. The first kappa shape index (κ1) is 32.2. The van der Waals surface area contributed by atoms with Gasteiger partial charge in [-0.3, -0.25) is 15.0 Å². The summed E-state index contributed by atoms with van der Waals surface area (Å²) in [6.45, 7) is 5.80. The van der Waals surface area contributed by atoms with Crippen LogP contribution in [0.5, 0.6) is 11.6 Å². The van der Waals surface area contributed by atoms with Gasteiger partial charge in [-0.15, -0.1) is 0 Å². The SMILES string of the molecule is CCOC(=O)C1CCN(NC(=O)c2cccc3c2C/C(=C/CCN2CCC(O)(c4ccc(Cl)cc4)CC2)c2cccnc2O3)CC1. The predicted octanol–water partition coefficient (Wildman–Crippen LogP) is 5.76. The molecule has 2 fully saturated rings. The van der Waals surface area contributed by atoms with Gasteiger partial charge in [0, 0.05) is 67.1 Å². The number of hydrogen-bond donors (Lipinski definition) is 2. The first-order chi connectivity index (χ1) is 22.3. The molecule has 2 N–H and O–H groups in total. The largest absolute Gasteiger partial charge is 0.466 e. The van der Waals surface area contributed by atoms with Gasteiger partial charge in [-0.2, -0.15) is 0 Å². The third-order valence-corrected chi connectivity index (χ3v) is 9.60. The van der Waals surface area contributed by atoms with Gasteiger partial charge >= 0.3 is 5.97 Å². The number of hydrogen-bond acceptors (Lipinski definition) is 8. The van der Waals surface area contributed by atoms with Crippen LogP contribution >= 0.6 is 11.6 Å². The van der Waals surface area contributed by atoms with Gasteiger partial charge < -0.3 is 19.5 Å². The lowest BCUT2D eigenvalue weighted by Crippen LogP contribution is -2.47. The van der Waals surface area contributed by atoms with E-state index in [1.54, 1.807) is 6.20 Å². The maximum Gasteiger partial charge on any atom is 0.309 e. The van der Waals surface area contributed by atoms with E-state index in [9.17, 15) is 14.7 Å². The molecule has 0 saturated carbocycles. The van der Waals surface area contributed by atoms with E-state index >= 15 is 0 Å². The Kier molecular flexibility index (Phi) is 10.0. The van der Waals surface area contributed by atoms with Gasteiger partial charge in [-0.05, 0) is 86.6 Å². The van der Waals surface area contributed by atoms with E-state index < -0.39 is 5.60 Å². The lowest BCUT2D eigenvalue weighted by Gasteiger charge is -2.38. The Balaban J connectivity index is 1.13. The molecule has 0 radical (unpaired) electrons. The number of rotatable bonds is 8. The molecule has 0 bridgehead atoms. The summed E-state index contributed by atoms with van der Waals surface area (Å²) in [5, 5.41) is 13.8. The molecule has 0 spiro atoms. The average Bonchev–Trinajstić information content (AvgIpc) is 3.23. The number of benzene rings is 2. The summed E-state index contributed by atoms with van der Waals surface area (Å²) in [7, 11) is 0. The Morgan fingerprint density at radius 1 is 1.09 bits per heavy atom. The van der Waals surface area contributed by atoms with Gasteiger partial charge in [0.05, 0.1) is 18.1 Å². The standard InChI is InChI=1S/C36H41ClN4O5/c1-2-45-35(43)25-14-20-41(21-15-25)39-33(42)30-7-3-9-32-31(30)24-26(29-8-4-18-38-34(29)46-32)6-5-19-40-22-16-36(44,17-23-40)27-10-12-28(37)13-11-27/h3-4,6-13,18,25,44H,2,5,14-17,19-24H2,1H3,(H,39,42)/b26-6-. The number of aliphatic hydroxyl groups is 1. The van der Waals surface area contributed by atoms with Crippen molar-refractivity contribution in [3.05, 3.63) is 94.1 Å². The van der Waals surface area contributed by atoms with E-state index in [0.29, 0.717) is 74.0 Å². The molecule has 3 aliphatic rings. The van der Waals surface area contributed by atoms with Crippen molar-refractivity contribution in [2.24, 2.45) is 5.92 Å².